The van der Waals surface area contributed by atoms with Crippen LogP contribution < -0.4 is 9.64 Å². The van der Waals surface area contributed by atoms with Crippen molar-refractivity contribution in [3.05, 3.63) is 70.2 Å². The van der Waals surface area contributed by atoms with Crippen LogP contribution in [-0.2, 0) is 7.05 Å². The highest BCUT2D eigenvalue weighted by Crippen LogP contribution is 2.46. The van der Waals surface area contributed by atoms with Crippen LogP contribution in [0.2, 0.25) is 5.02 Å². The lowest BCUT2D eigenvalue weighted by Crippen LogP contribution is -2.30. The number of nitrogens with zero attached hydrogens (tertiary/aromatic N) is 6. The van der Waals surface area contributed by atoms with E-state index in [4.69, 9.17) is 21.3 Å². The molecule has 0 spiro atoms. The van der Waals surface area contributed by atoms with E-state index in [2.05, 4.69) is 14.8 Å². The number of carbonyl (C=O) groups is 1. The number of imidazole rings is 1. The summed E-state index contributed by atoms with van der Waals surface area (Å²) in [6.45, 7) is 1.86. The van der Waals surface area contributed by atoms with Crippen LogP contribution >= 0.6 is 11.6 Å². The minimum Gasteiger partial charge on any atom is -0.493 e. The lowest BCUT2D eigenvalue weighted by molar-refractivity contribution is 0.0989. The molecule has 0 bridgehead atoms. The van der Waals surface area contributed by atoms with Crippen LogP contribution in [0.3, 0.4) is 0 Å². The highest BCUT2D eigenvalue weighted by molar-refractivity contribution is 6.30. The quantitative estimate of drug-likeness (QED) is 0.470. The molecule has 9 heteroatoms. The van der Waals surface area contributed by atoms with E-state index in [0.29, 0.717) is 39.5 Å². The molecule has 32 heavy (non-hydrogen) atoms. The Kier molecular flexibility index (Phi) is 4.10. The van der Waals surface area contributed by atoms with Crippen molar-refractivity contribution in [1.82, 2.24) is 24.1 Å². The predicted molar refractivity (Wildman–Crippen MR) is 120 cm³/mol. The first-order chi connectivity index (χ1) is 15.5. The normalized spacial score (nSPS) is 17.9. The summed E-state index contributed by atoms with van der Waals surface area (Å²) >= 11 is 6.16. The Morgan fingerprint density at radius 2 is 1.91 bits per heavy atom. The molecule has 0 N–H and O–H groups in total. The van der Waals surface area contributed by atoms with Gasteiger partial charge in [-0.2, -0.15) is 0 Å². The number of hydrogen-bond donors (Lipinski definition) is 0. The predicted octanol–water partition coefficient (Wildman–Crippen LogP) is 4.06. The number of methoxy groups -OCH3 is 1. The molecule has 1 saturated carbocycles. The van der Waals surface area contributed by atoms with Gasteiger partial charge in [0.2, 0.25) is 5.65 Å². The van der Waals surface area contributed by atoms with Gasteiger partial charge in [-0.15, -0.1) is 10.2 Å². The molecule has 0 saturated heterocycles. The van der Waals surface area contributed by atoms with Gasteiger partial charge in [0.25, 0.3) is 5.91 Å². The number of rotatable bonds is 4. The molecular formula is C23H21ClN6O2. The second-order valence-corrected chi connectivity index (χ2v) is 8.81. The highest BCUT2D eigenvalue weighted by atomic mass is 35.5. The van der Waals surface area contributed by atoms with Crippen molar-refractivity contribution < 1.29 is 9.53 Å². The van der Waals surface area contributed by atoms with Crippen LogP contribution in [0.4, 0.5) is 5.69 Å². The first-order valence-corrected chi connectivity index (χ1v) is 10.9. The average molecular weight is 449 g/mol. The maximum absolute atomic E-state index is 13.8. The summed E-state index contributed by atoms with van der Waals surface area (Å²) in [5.74, 6) is 2.56. The van der Waals surface area contributed by atoms with Gasteiger partial charge in [0.1, 0.15) is 17.7 Å². The second-order valence-electron chi connectivity index (χ2n) is 8.37. The number of pyridine rings is 1. The molecule has 1 aliphatic heterocycles. The molecule has 2 aliphatic rings. The molecule has 1 aliphatic carbocycles. The zero-order chi connectivity index (χ0) is 22.1. The third kappa shape index (κ3) is 2.69. The summed E-state index contributed by atoms with van der Waals surface area (Å²) in [5, 5.41) is 9.01. The molecule has 3 aromatic heterocycles. The van der Waals surface area contributed by atoms with Crippen LogP contribution in [-0.4, -0.2) is 37.2 Å². The number of carbonyl (C=O) groups excluding carboxylic acids is 1. The Morgan fingerprint density at radius 1 is 1.16 bits per heavy atom. The Balaban J connectivity index is 1.58. The van der Waals surface area contributed by atoms with E-state index >= 15 is 0 Å². The smallest absolute Gasteiger partial charge is 0.279 e. The zero-order valence-corrected chi connectivity index (χ0v) is 18.7. The average Bonchev–Trinajstić information content (AvgIpc) is 3.40. The van der Waals surface area contributed by atoms with Gasteiger partial charge in [-0.3, -0.25) is 14.1 Å². The van der Waals surface area contributed by atoms with Crippen molar-refractivity contribution in [3.63, 3.8) is 0 Å². The monoisotopic (exact) mass is 448 g/mol. The van der Waals surface area contributed by atoms with Gasteiger partial charge in [0.05, 0.1) is 18.5 Å². The van der Waals surface area contributed by atoms with E-state index in [9.17, 15) is 4.79 Å². The zero-order valence-electron chi connectivity index (χ0n) is 17.9. The molecule has 1 atom stereocenters. The third-order valence-electron chi connectivity index (χ3n) is 6.37. The number of fused-ring (bicyclic) bond motifs is 2. The van der Waals surface area contributed by atoms with Crippen molar-refractivity contribution in [2.45, 2.75) is 31.7 Å². The lowest BCUT2D eigenvalue weighted by atomic mass is 10.0. The molecular weight excluding hydrogens is 428 g/mol. The van der Waals surface area contributed by atoms with E-state index in [0.717, 1.165) is 29.9 Å². The first kappa shape index (κ1) is 19.3. The van der Waals surface area contributed by atoms with Crippen molar-refractivity contribution in [2.24, 2.45) is 7.05 Å². The van der Waals surface area contributed by atoms with Gasteiger partial charge in [0.15, 0.2) is 11.4 Å². The summed E-state index contributed by atoms with van der Waals surface area (Å²) < 4.78 is 9.52. The molecule has 4 heterocycles. The Hall–Kier alpha value is -3.39. The largest absolute Gasteiger partial charge is 0.493 e. The van der Waals surface area contributed by atoms with Crippen LogP contribution in [0.15, 0.2) is 36.5 Å². The summed E-state index contributed by atoms with van der Waals surface area (Å²) in [7, 11) is 3.59. The maximum atomic E-state index is 13.8. The molecule has 1 amide bonds. The minimum absolute atomic E-state index is 0.130. The number of ether oxygens (including phenoxy) is 1. The number of amides is 1. The molecule has 1 fully saturated rings. The van der Waals surface area contributed by atoms with Crippen molar-refractivity contribution in [2.75, 3.05) is 12.0 Å². The SMILES string of the molecule is COc1cc(N2C(=O)c3nc(C4CC4)n(C)c3C2c2ccc(Cl)cc2)cn2c(C)nnc12. The highest BCUT2D eigenvalue weighted by Gasteiger charge is 2.45. The van der Waals surface area contributed by atoms with Crippen LogP contribution in [0, 0.1) is 6.92 Å². The van der Waals surface area contributed by atoms with Gasteiger partial charge in [0, 0.05) is 30.3 Å². The van der Waals surface area contributed by atoms with Crippen molar-refractivity contribution in [1.29, 1.82) is 0 Å². The third-order valence-corrected chi connectivity index (χ3v) is 6.62. The van der Waals surface area contributed by atoms with E-state index < -0.39 is 0 Å². The summed E-state index contributed by atoms with van der Waals surface area (Å²) in [6.07, 6.45) is 4.11. The number of aromatic nitrogens is 5. The van der Waals surface area contributed by atoms with Gasteiger partial charge in [-0.1, -0.05) is 23.7 Å². The maximum Gasteiger partial charge on any atom is 0.279 e. The molecule has 1 unspecified atom stereocenters. The molecule has 0 radical (unpaired) electrons. The minimum atomic E-state index is -0.335. The fraction of sp³-hybridized carbons (Fsp3) is 0.304. The Morgan fingerprint density at radius 3 is 2.59 bits per heavy atom. The van der Waals surface area contributed by atoms with Crippen LogP contribution in [0.5, 0.6) is 5.75 Å². The molecule has 8 nitrogen and oxygen atoms in total. The van der Waals surface area contributed by atoms with E-state index in [1.807, 2.05) is 54.9 Å². The van der Waals surface area contributed by atoms with Crippen LogP contribution in [0.1, 0.15) is 58.2 Å². The second kappa shape index (κ2) is 6.80. The fourth-order valence-corrected chi connectivity index (χ4v) is 4.75. The summed E-state index contributed by atoms with van der Waals surface area (Å²) in [5.41, 5.74) is 3.67. The molecule has 1 aromatic carbocycles. The standard InChI is InChI=1S/C23H21ClN6O2/c1-12-26-27-22-17(32-3)10-16(11-29(12)22)30-19(13-6-8-15(24)9-7-13)20-18(23(30)31)25-21(28(20)2)14-4-5-14/h6-11,14,19H,4-5H2,1-3H3. The van der Waals surface area contributed by atoms with E-state index in [1.54, 1.807) is 12.0 Å². The van der Waals surface area contributed by atoms with Crippen molar-refractivity contribution in [3.8, 4) is 5.75 Å². The molecule has 6 rings (SSSR count). The Bertz CT molecular complexity index is 1390. The fourth-order valence-electron chi connectivity index (χ4n) is 4.62. The molecule has 162 valence electrons. The van der Waals surface area contributed by atoms with Crippen LogP contribution in [0.25, 0.3) is 5.65 Å². The lowest BCUT2D eigenvalue weighted by Gasteiger charge is -2.27. The molecule has 4 aromatic rings. The number of benzene rings is 1. The van der Waals surface area contributed by atoms with Gasteiger partial charge in [-0.25, -0.2) is 4.98 Å². The first-order valence-electron chi connectivity index (χ1n) is 10.5. The van der Waals surface area contributed by atoms with E-state index in [1.165, 1.54) is 0 Å². The number of hydrogen-bond acceptors (Lipinski definition) is 5. The topological polar surface area (TPSA) is 77.5 Å². The Labute approximate surface area is 189 Å². The number of aryl methyl sites for hydroxylation is 1. The summed E-state index contributed by atoms with van der Waals surface area (Å²) in [4.78, 5) is 20.3. The summed E-state index contributed by atoms with van der Waals surface area (Å²) in [6, 6.07) is 9.13. The van der Waals surface area contributed by atoms with Crippen molar-refractivity contribution >= 4 is 28.8 Å². The number of anilines is 1. The van der Waals surface area contributed by atoms with E-state index in [-0.39, 0.29) is 11.9 Å². The van der Waals surface area contributed by atoms with Gasteiger partial charge in [-0.05, 0) is 37.5 Å². The van der Waals surface area contributed by atoms with Gasteiger partial charge >= 0.3 is 0 Å². The number of halogens is 1. The van der Waals surface area contributed by atoms with Gasteiger partial charge < -0.3 is 9.30 Å².